The highest BCUT2D eigenvalue weighted by Crippen LogP contribution is 1.98. The van der Waals surface area contributed by atoms with E-state index in [0.717, 1.165) is 6.42 Å². The highest BCUT2D eigenvalue weighted by atomic mass is 17.1. The number of quaternary nitrogens is 1. The zero-order valence-electron chi connectivity index (χ0n) is 5.83. The molecule has 1 atom stereocenters. The fraction of sp³-hybridized carbons (Fsp3) is 1.00. The van der Waals surface area contributed by atoms with Gasteiger partial charge in [-0.1, -0.05) is 11.9 Å². The van der Waals surface area contributed by atoms with Crippen LogP contribution in [0.1, 0.15) is 20.3 Å². The second-order valence-corrected chi connectivity index (χ2v) is 1.79. The van der Waals surface area contributed by atoms with Crippen LogP contribution in [-0.4, -0.2) is 23.3 Å². The molecule has 0 aliphatic heterocycles. The molecule has 1 unspecified atom stereocenters. The van der Waals surface area contributed by atoms with Gasteiger partial charge < -0.3 is 5.21 Å². The fourth-order valence-corrected chi connectivity index (χ4v) is 0.325. The topological polar surface area (TPSA) is 52.5 Å². The zero-order chi connectivity index (χ0) is 7.33. The van der Waals surface area contributed by atoms with Crippen molar-refractivity contribution in [2.45, 2.75) is 20.3 Å². The van der Waals surface area contributed by atoms with Gasteiger partial charge in [0.25, 0.3) is 0 Å². The van der Waals surface area contributed by atoms with Gasteiger partial charge in [-0.3, -0.25) is 0 Å². The van der Waals surface area contributed by atoms with Crippen molar-refractivity contribution < 1.29 is 15.0 Å². The third-order valence-corrected chi connectivity index (χ3v) is 0.897. The van der Waals surface area contributed by atoms with Crippen molar-refractivity contribution in [3.05, 3.63) is 5.21 Å². The molecule has 0 aromatic carbocycles. The predicted octanol–water partition coefficient (Wildman–Crippen LogP) is 1.05. The minimum Gasteiger partial charge on any atom is -0.564 e. The van der Waals surface area contributed by atoms with E-state index in [2.05, 4.69) is 4.84 Å². The maximum absolute atomic E-state index is 10.5. The molecule has 0 bridgehead atoms. The molecule has 0 spiro atoms. The summed E-state index contributed by atoms with van der Waals surface area (Å²) in [6.07, 6.45) is 0.739. The first-order valence-electron chi connectivity index (χ1n) is 3.08. The Morgan fingerprint density at radius 2 is 2.11 bits per heavy atom. The van der Waals surface area contributed by atoms with E-state index in [4.69, 9.17) is 5.21 Å². The average Bonchev–Trinajstić information content (AvgIpc) is 1.84. The fourth-order valence-electron chi connectivity index (χ4n) is 0.325. The Hall–Kier alpha value is -0.160. The Bertz CT molecular complexity index is 74.6. The summed E-state index contributed by atoms with van der Waals surface area (Å²) in [6, 6.07) is 0. The molecule has 0 rings (SSSR count). The summed E-state index contributed by atoms with van der Waals surface area (Å²) in [6.45, 7) is 3.76. The van der Waals surface area contributed by atoms with Gasteiger partial charge in [0, 0.05) is 0 Å². The van der Waals surface area contributed by atoms with E-state index in [1.165, 1.54) is 0 Å². The highest BCUT2D eigenvalue weighted by Gasteiger charge is 2.09. The SMILES string of the molecule is CCCO[N+]([O-])(O)CC. The highest BCUT2D eigenvalue weighted by molar-refractivity contribution is 4.17. The van der Waals surface area contributed by atoms with Crippen molar-refractivity contribution in [3.63, 3.8) is 0 Å². The van der Waals surface area contributed by atoms with Crippen LogP contribution in [0, 0.1) is 5.21 Å². The molecule has 0 heterocycles. The molecule has 0 saturated carbocycles. The van der Waals surface area contributed by atoms with Crippen LogP contribution in [0.15, 0.2) is 0 Å². The molecule has 4 nitrogen and oxygen atoms in total. The minimum atomic E-state index is -1.58. The van der Waals surface area contributed by atoms with E-state index in [9.17, 15) is 5.21 Å². The first kappa shape index (κ1) is 8.84. The zero-order valence-corrected chi connectivity index (χ0v) is 5.83. The van der Waals surface area contributed by atoms with Gasteiger partial charge >= 0.3 is 0 Å². The van der Waals surface area contributed by atoms with Gasteiger partial charge in [0.15, 0.2) is 0 Å². The van der Waals surface area contributed by atoms with Gasteiger partial charge in [0.05, 0.1) is 0 Å². The molecule has 0 aromatic heterocycles. The maximum Gasteiger partial charge on any atom is 0.139 e. The van der Waals surface area contributed by atoms with Crippen LogP contribution >= 0.6 is 0 Å². The van der Waals surface area contributed by atoms with Gasteiger partial charge in [-0.15, -0.1) is 0 Å². The van der Waals surface area contributed by atoms with Gasteiger partial charge in [0.1, 0.15) is 13.2 Å². The van der Waals surface area contributed by atoms with Crippen LogP contribution in [0.5, 0.6) is 0 Å². The molecule has 0 aromatic rings. The largest absolute Gasteiger partial charge is 0.564 e. The summed E-state index contributed by atoms with van der Waals surface area (Å²) in [5.74, 6) is 0. The van der Waals surface area contributed by atoms with Crippen LogP contribution < -0.4 is 0 Å². The van der Waals surface area contributed by atoms with Crippen molar-refractivity contribution in [1.82, 2.24) is 0 Å². The Morgan fingerprint density at radius 1 is 1.56 bits per heavy atom. The summed E-state index contributed by atoms with van der Waals surface area (Å²) in [5, 5.41) is 19.1. The first-order valence-corrected chi connectivity index (χ1v) is 3.08. The third kappa shape index (κ3) is 4.35. The Morgan fingerprint density at radius 3 is 2.44 bits per heavy atom. The second-order valence-electron chi connectivity index (χ2n) is 1.79. The maximum atomic E-state index is 10.5. The van der Waals surface area contributed by atoms with Gasteiger partial charge in [-0.25, -0.2) is 0 Å². The van der Waals surface area contributed by atoms with Crippen molar-refractivity contribution in [2.24, 2.45) is 0 Å². The predicted molar refractivity (Wildman–Crippen MR) is 32.2 cm³/mol. The molecule has 0 saturated heterocycles. The number of nitrogens with zero attached hydrogens (tertiary/aromatic N) is 1. The molecule has 0 aliphatic rings. The summed E-state index contributed by atoms with van der Waals surface area (Å²) in [7, 11) is 0. The Labute approximate surface area is 54.7 Å². The molecule has 9 heavy (non-hydrogen) atoms. The molecule has 0 radical (unpaired) electrons. The third-order valence-electron chi connectivity index (χ3n) is 0.897. The minimum absolute atomic E-state index is 0.0278. The van der Waals surface area contributed by atoms with E-state index in [1.54, 1.807) is 6.92 Å². The molecule has 0 amide bonds. The Kier molecular flexibility index (Phi) is 3.72. The van der Waals surface area contributed by atoms with E-state index in [-0.39, 0.29) is 6.54 Å². The van der Waals surface area contributed by atoms with Crippen molar-refractivity contribution >= 4 is 0 Å². The van der Waals surface area contributed by atoms with Crippen molar-refractivity contribution in [2.75, 3.05) is 13.2 Å². The average molecular weight is 135 g/mol. The number of hydrogen-bond donors (Lipinski definition) is 1. The van der Waals surface area contributed by atoms with Crippen LogP contribution in [0.25, 0.3) is 0 Å². The molecule has 56 valence electrons. The number of rotatable bonds is 4. The monoisotopic (exact) mass is 135 g/mol. The van der Waals surface area contributed by atoms with Crippen LogP contribution in [-0.2, 0) is 4.84 Å². The van der Waals surface area contributed by atoms with E-state index in [0.29, 0.717) is 6.61 Å². The molecular weight excluding hydrogens is 122 g/mol. The summed E-state index contributed by atoms with van der Waals surface area (Å²) in [4.78, 5) is 2.89. The first-order chi connectivity index (χ1) is 4.12. The van der Waals surface area contributed by atoms with Gasteiger partial charge in [0.2, 0.25) is 0 Å². The molecule has 1 N–H and O–H groups in total. The lowest BCUT2D eigenvalue weighted by atomic mass is 10.5. The van der Waals surface area contributed by atoms with E-state index < -0.39 is 4.97 Å². The number of hydroxylamine groups is 3. The summed E-state index contributed by atoms with van der Waals surface area (Å²) >= 11 is 0. The van der Waals surface area contributed by atoms with Crippen LogP contribution in [0.3, 0.4) is 0 Å². The Balaban J connectivity index is 3.33. The molecule has 4 heteroatoms. The van der Waals surface area contributed by atoms with Crippen molar-refractivity contribution in [3.8, 4) is 0 Å². The number of hydrogen-bond acceptors (Lipinski definition) is 3. The van der Waals surface area contributed by atoms with Crippen molar-refractivity contribution in [1.29, 1.82) is 0 Å². The lowest BCUT2D eigenvalue weighted by molar-refractivity contribution is -1.21. The lowest BCUT2D eigenvalue weighted by Gasteiger charge is -2.28. The lowest BCUT2D eigenvalue weighted by Crippen LogP contribution is -2.38. The van der Waals surface area contributed by atoms with Gasteiger partial charge in [-0.2, -0.15) is 10.0 Å². The summed E-state index contributed by atoms with van der Waals surface area (Å²) < 4.78 is 0. The molecular formula is C5H13NO3. The molecule has 0 aliphatic carbocycles. The van der Waals surface area contributed by atoms with Crippen LogP contribution in [0.2, 0.25) is 0 Å². The normalized spacial score (nSPS) is 17.3. The molecule has 0 fully saturated rings. The standard InChI is InChI=1S/C5H13NO3/c1-3-5-9-6(7,8)4-2/h7H,3-5H2,1-2H3. The smallest absolute Gasteiger partial charge is 0.139 e. The van der Waals surface area contributed by atoms with E-state index in [1.807, 2.05) is 6.92 Å². The van der Waals surface area contributed by atoms with Gasteiger partial charge in [-0.05, 0) is 13.3 Å². The van der Waals surface area contributed by atoms with Crippen LogP contribution in [0.4, 0.5) is 0 Å². The van der Waals surface area contributed by atoms with E-state index >= 15 is 0 Å². The summed E-state index contributed by atoms with van der Waals surface area (Å²) in [5.41, 5.74) is 0. The quantitative estimate of drug-likeness (QED) is 0.463. The second kappa shape index (κ2) is 3.79.